The average molecular weight is 283 g/mol. The van der Waals surface area contributed by atoms with Gasteiger partial charge in [0.25, 0.3) is 0 Å². The van der Waals surface area contributed by atoms with Crippen LogP contribution in [0, 0.1) is 11.3 Å². The van der Waals surface area contributed by atoms with Gasteiger partial charge in [-0.05, 0) is 12.1 Å². The normalized spacial score (nSPS) is 11.9. The Labute approximate surface area is 98.7 Å². The van der Waals surface area contributed by atoms with Crippen LogP contribution in [0.1, 0.15) is 9.75 Å². The van der Waals surface area contributed by atoms with Gasteiger partial charge in [-0.1, -0.05) is 6.58 Å². The maximum atomic E-state index is 12.0. The Morgan fingerprint density at radius 2 is 2.06 bits per heavy atom. The highest BCUT2D eigenvalue weighted by atomic mass is 32.2. The summed E-state index contributed by atoms with van der Waals surface area (Å²) in [4.78, 5) is 0.239. The van der Waals surface area contributed by atoms with Gasteiger partial charge in [-0.25, -0.2) is 0 Å². The molecule has 1 heterocycles. The Morgan fingerprint density at radius 1 is 1.47 bits per heavy atom. The second-order valence-corrected chi connectivity index (χ2v) is 5.30. The van der Waals surface area contributed by atoms with Crippen LogP contribution in [-0.4, -0.2) is 13.9 Å². The molecule has 0 aliphatic rings. The second kappa shape index (κ2) is 4.38. The lowest BCUT2D eigenvalue weighted by Gasteiger charge is -2.09. The molecule has 0 N–H and O–H groups in total. The zero-order chi connectivity index (χ0) is 13.3. The summed E-state index contributed by atoms with van der Waals surface area (Å²) in [5.41, 5.74) is -5.51. The highest BCUT2D eigenvalue weighted by Crippen LogP contribution is 2.31. The van der Waals surface area contributed by atoms with Gasteiger partial charge in [0.1, 0.15) is 10.9 Å². The van der Waals surface area contributed by atoms with Gasteiger partial charge in [0.2, 0.25) is 0 Å². The minimum Gasteiger partial charge on any atom is -0.375 e. The van der Waals surface area contributed by atoms with Crippen LogP contribution in [0.4, 0.5) is 13.2 Å². The van der Waals surface area contributed by atoms with Crippen LogP contribution in [0.3, 0.4) is 0 Å². The number of rotatable bonds is 3. The van der Waals surface area contributed by atoms with Crippen molar-refractivity contribution >= 4 is 27.2 Å². The third-order valence-corrected chi connectivity index (χ3v) is 3.50. The first-order valence-electron chi connectivity index (χ1n) is 3.87. The number of alkyl halides is 3. The molecule has 0 fully saturated rings. The zero-order valence-electron chi connectivity index (χ0n) is 7.98. The molecule has 0 aliphatic heterocycles. The largest absolute Gasteiger partial charge is 0.534 e. The number of hydrogen-bond donors (Lipinski definition) is 0. The lowest BCUT2D eigenvalue weighted by Crippen LogP contribution is -2.24. The minimum atomic E-state index is -5.72. The molecule has 9 heteroatoms. The number of halogens is 3. The Hall–Kier alpha value is -1.53. The van der Waals surface area contributed by atoms with E-state index in [2.05, 4.69) is 10.8 Å². The monoisotopic (exact) mass is 283 g/mol. The van der Waals surface area contributed by atoms with Gasteiger partial charge in [-0.15, -0.1) is 11.3 Å². The number of nitriles is 1. The molecule has 0 radical (unpaired) electrons. The summed E-state index contributed by atoms with van der Waals surface area (Å²) in [6.07, 6.45) is 0. The standard InChI is InChI=1S/C8H4F3NO3S2/c1-5(7-3-2-6(4-12)16-7)15-17(13,14)8(9,10)11/h2-3H,1H2. The van der Waals surface area contributed by atoms with Gasteiger partial charge in [-0.3, -0.25) is 0 Å². The molecule has 0 bridgehead atoms. The molecule has 4 nitrogen and oxygen atoms in total. The molecule has 0 aliphatic carbocycles. The lowest BCUT2D eigenvalue weighted by molar-refractivity contribution is -0.0509. The molecule has 1 aromatic rings. The fourth-order valence-corrected chi connectivity index (χ4v) is 1.98. The van der Waals surface area contributed by atoms with Gasteiger partial charge < -0.3 is 4.18 Å². The summed E-state index contributed by atoms with van der Waals surface area (Å²) in [6, 6.07) is 4.31. The van der Waals surface area contributed by atoms with Crippen molar-refractivity contribution in [3.63, 3.8) is 0 Å². The first-order chi connectivity index (χ1) is 7.67. The molecule has 1 rings (SSSR count). The molecule has 0 unspecified atom stereocenters. The van der Waals surface area contributed by atoms with Crippen LogP contribution in [0.25, 0.3) is 5.76 Å². The van der Waals surface area contributed by atoms with Crippen LogP contribution in [0.15, 0.2) is 18.7 Å². The maximum absolute atomic E-state index is 12.0. The van der Waals surface area contributed by atoms with Crippen LogP contribution in [-0.2, 0) is 14.3 Å². The summed E-state index contributed by atoms with van der Waals surface area (Å²) in [6.45, 7) is 3.07. The second-order valence-electron chi connectivity index (χ2n) is 2.68. The number of nitrogens with zero attached hydrogens (tertiary/aromatic N) is 1. The lowest BCUT2D eigenvalue weighted by atomic mass is 10.4. The fourth-order valence-electron chi connectivity index (χ4n) is 0.769. The van der Waals surface area contributed by atoms with Crippen molar-refractivity contribution in [2.45, 2.75) is 5.51 Å². The van der Waals surface area contributed by atoms with Crippen molar-refractivity contribution in [3.8, 4) is 6.07 Å². The SMILES string of the molecule is C=C(OS(=O)(=O)C(F)(F)F)c1ccc(C#N)s1. The summed E-state index contributed by atoms with van der Waals surface area (Å²) >= 11 is 0.775. The maximum Gasteiger partial charge on any atom is 0.534 e. The predicted molar refractivity (Wildman–Crippen MR) is 54.1 cm³/mol. The number of thiophene rings is 1. The first-order valence-corrected chi connectivity index (χ1v) is 6.10. The quantitative estimate of drug-likeness (QED) is 0.485. The van der Waals surface area contributed by atoms with E-state index in [0.717, 1.165) is 11.3 Å². The molecule has 92 valence electrons. The third-order valence-electron chi connectivity index (χ3n) is 1.48. The van der Waals surface area contributed by atoms with Crippen molar-refractivity contribution < 1.29 is 25.8 Å². The highest BCUT2D eigenvalue weighted by Gasteiger charge is 2.48. The summed E-state index contributed by atoms with van der Waals surface area (Å²) in [5.74, 6) is -0.672. The smallest absolute Gasteiger partial charge is 0.375 e. The first kappa shape index (κ1) is 13.5. The molecule has 1 aromatic heterocycles. The van der Waals surface area contributed by atoms with E-state index in [1.807, 2.05) is 0 Å². The van der Waals surface area contributed by atoms with E-state index in [1.165, 1.54) is 12.1 Å². The fraction of sp³-hybridized carbons (Fsp3) is 0.125. The van der Waals surface area contributed by atoms with E-state index in [4.69, 9.17) is 5.26 Å². The van der Waals surface area contributed by atoms with E-state index >= 15 is 0 Å². The Morgan fingerprint density at radius 3 is 2.47 bits per heavy atom. The Balaban J connectivity index is 2.92. The van der Waals surface area contributed by atoms with Crippen LogP contribution < -0.4 is 0 Å². The highest BCUT2D eigenvalue weighted by molar-refractivity contribution is 7.87. The molecule has 0 amide bonds. The van der Waals surface area contributed by atoms with E-state index < -0.39 is 21.4 Å². The zero-order valence-corrected chi connectivity index (χ0v) is 9.62. The van der Waals surface area contributed by atoms with Crippen molar-refractivity contribution in [1.82, 2.24) is 0 Å². The summed E-state index contributed by atoms with van der Waals surface area (Å²) in [7, 11) is -5.72. The van der Waals surface area contributed by atoms with Gasteiger partial charge >= 0.3 is 15.6 Å². The molecular formula is C8H4F3NO3S2. The van der Waals surface area contributed by atoms with Crippen molar-refractivity contribution in [3.05, 3.63) is 28.5 Å². The molecule has 0 atom stereocenters. The molecule has 0 spiro atoms. The topological polar surface area (TPSA) is 67.2 Å². The van der Waals surface area contributed by atoms with Crippen LogP contribution >= 0.6 is 11.3 Å². The Kier molecular flexibility index (Phi) is 3.49. The van der Waals surface area contributed by atoms with Crippen molar-refractivity contribution in [2.24, 2.45) is 0 Å². The molecule has 17 heavy (non-hydrogen) atoms. The molecule has 0 saturated carbocycles. The van der Waals surface area contributed by atoms with E-state index in [0.29, 0.717) is 0 Å². The molecule has 0 saturated heterocycles. The van der Waals surface area contributed by atoms with Gasteiger partial charge in [-0.2, -0.15) is 26.9 Å². The van der Waals surface area contributed by atoms with Gasteiger partial charge in [0.05, 0.1) is 4.88 Å². The third kappa shape index (κ3) is 2.98. The van der Waals surface area contributed by atoms with Crippen molar-refractivity contribution in [2.75, 3.05) is 0 Å². The van der Waals surface area contributed by atoms with Gasteiger partial charge in [0, 0.05) is 0 Å². The van der Waals surface area contributed by atoms with E-state index in [-0.39, 0.29) is 9.75 Å². The Bertz CT molecular complexity index is 580. The predicted octanol–water partition coefficient (Wildman–Crippen LogP) is 2.46. The molecular weight excluding hydrogens is 279 g/mol. The minimum absolute atomic E-state index is 0.0365. The van der Waals surface area contributed by atoms with E-state index in [1.54, 1.807) is 6.07 Å². The summed E-state index contributed by atoms with van der Waals surface area (Å²) in [5, 5.41) is 8.49. The van der Waals surface area contributed by atoms with Crippen molar-refractivity contribution in [1.29, 1.82) is 5.26 Å². The summed E-state index contributed by atoms with van der Waals surface area (Å²) < 4.78 is 61.0. The molecule has 0 aromatic carbocycles. The number of hydrogen-bond acceptors (Lipinski definition) is 5. The van der Waals surface area contributed by atoms with Crippen LogP contribution in [0.2, 0.25) is 0 Å². The van der Waals surface area contributed by atoms with E-state index in [9.17, 15) is 21.6 Å². The van der Waals surface area contributed by atoms with Crippen LogP contribution in [0.5, 0.6) is 0 Å². The average Bonchev–Trinajstić information content (AvgIpc) is 2.63. The van der Waals surface area contributed by atoms with Gasteiger partial charge in [0.15, 0.2) is 5.76 Å².